The Morgan fingerprint density at radius 3 is 0.812 bits per heavy atom. The van der Waals surface area contributed by atoms with Crippen LogP contribution in [-0.2, 0) is 16.2 Å². The fourth-order valence-electron chi connectivity index (χ4n) is 12.1. The molecular formula is C63H51N. The molecule has 0 fully saturated rings. The van der Waals surface area contributed by atoms with Gasteiger partial charge in [0.05, 0.1) is 0 Å². The molecule has 3 aliphatic rings. The molecule has 0 N–H and O–H groups in total. The first-order valence-corrected chi connectivity index (χ1v) is 22.8. The van der Waals surface area contributed by atoms with Gasteiger partial charge in [0.2, 0.25) is 0 Å². The molecule has 0 amide bonds. The van der Waals surface area contributed by atoms with Crippen molar-refractivity contribution in [3.05, 3.63) is 234 Å². The first-order chi connectivity index (χ1) is 31.0. The van der Waals surface area contributed by atoms with Crippen LogP contribution in [0.5, 0.6) is 0 Å². The minimum atomic E-state index is -0.131. The molecule has 1 heteroatoms. The highest BCUT2D eigenvalue weighted by atomic mass is 15.1. The van der Waals surface area contributed by atoms with Crippen molar-refractivity contribution in [3.8, 4) is 66.8 Å². The summed E-state index contributed by atoms with van der Waals surface area (Å²) < 4.78 is 0. The van der Waals surface area contributed by atoms with Crippen LogP contribution >= 0.6 is 0 Å². The second-order valence-corrected chi connectivity index (χ2v) is 19.7. The van der Waals surface area contributed by atoms with Crippen LogP contribution in [0.3, 0.4) is 0 Å². The van der Waals surface area contributed by atoms with Gasteiger partial charge in [0.1, 0.15) is 0 Å². The highest BCUT2D eigenvalue weighted by Gasteiger charge is 2.40. The number of fused-ring (bicyclic) bond motifs is 9. The molecule has 12 rings (SSSR count). The smallest absolute Gasteiger partial charge is 0.0467 e. The van der Waals surface area contributed by atoms with Crippen LogP contribution in [0.2, 0.25) is 0 Å². The summed E-state index contributed by atoms with van der Waals surface area (Å²) >= 11 is 0. The Balaban J connectivity index is 1.04. The molecule has 0 radical (unpaired) electrons. The third-order valence-electron chi connectivity index (χ3n) is 15.0. The molecule has 0 saturated carbocycles. The quantitative estimate of drug-likeness (QED) is 0.161. The zero-order valence-electron chi connectivity index (χ0n) is 37.5. The van der Waals surface area contributed by atoms with Crippen LogP contribution in [-0.4, -0.2) is 0 Å². The zero-order valence-corrected chi connectivity index (χ0v) is 37.5. The van der Waals surface area contributed by atoms with E-state index in [2.05, 4.69) is 247 Å². The van der Waals surface area contributed by atoms with E-state index in [0.717, 1.165) is 17.1 Å². The molecule has 9 aromatic carbocycles. The molecule has 0 atom stereocenters. The SMILES string of the molecule is CC1(C)c2ccccc2-c2cccc(-c3cccc(N(c4cccc(-c5cccc6c5C(C)(C)c5ccccc5-6)c4)c4cccc(-c5cccc6c5C(C)(C)c5ccccc5-6)c4)c3)c21. The second-order valence-electron chi connectivity index (χ2n) is 19.7. The average Bonchev–Trinajstić information content (AvgIpc) is 3.82. The maximum Gasteiger partial charge on any atom is 0.0467 e. The minimum absolute atomic E-state index is 0.131. The van der Waals surface area contributed by atoms with Crippen molar-refractivity contribution in [1.82, 2.24) is 0 Å². The lowest BCUT2D eigenvalue weighted by atomic mass is 9.78. The summed E-state index contributed by atoms with van der Waals surface area (Å²) in [5.41, 5.74) is 26.8. The summed E-state index contributed by atoms with van der Waals surface area (Å²) in [5, 5.41) is 0. The molecular weight excluding hydrogens is 771 g/mol. The molecule has 1 nitrogen and oxygen atoms in total. The van der Waals surface area contributed by atoms with Gasteiger partial charge < -0.3 is 4.90 Å². The Hall–Kier alpha value is -7.22. The summed E-state index contributed by atoms with van der Waals surface area (Å²) in [6.07, 6.45) is 0. The first kappa shape index (κ1) is 38.5. The van der Waals surface area contributed by atoms with Crippen molar-refractivity contribution < 1.29 is 0 Å². The Bertz CT molecular complexity index is 3020. The summed E-state index contributed by atoms with van der Waals surface area (Å²) in [4.78, 5) is 2.48. The molecule has 0 saturated heterocycles. The predicted octanol–water partition coefficient (Wildman–Crippen LogP) is 17.1. The first-order valence-electron chi connectivity index (χ1n) is 22.8. The topological polar surface area (TPSA) is 3.24 Å². The van der Waals surface area contributed by atoms with Crippen molar-refractivity contribution in [2.75, 3.05) is 4.90 Å². The standard InChI is InChI=1S/C63H51N/c1-61(2)55-34-10-7-25-49(55)52-31-16-28-46(58(52)61)40-19-13-22-43(37-40)64(44-23-14-20-41(38-44)47-29-17-32-53-50-26-8-11-35-56(50)62(3,4)59(47)53)45-24-15-21-42(39-45)48-30-18-33-54-51-27-9-12-36-57(51)63(5,6)60(48)54/h7-39H,1-6H3. The van der Waals surface area contributed by atoms with E-state index in [1.54, 1.807) is 0 Å². The summed E-state index contributed by atoms with van der Waals surface area (Å²) in [5.74, 6) is 0. The van der Waals surface area contributed by atoms with E-state index in [4.69, 9.17) is 0 Å². The fraction of sp³-hybridized carbons (Fsp3) is 0.143. The molecule has 64 heavy (non-hydrogen) atoms. The highest BCUT2D eigenvalue weighted by Crippen LogP contribution is 2.55. The van der Waals surface area contributed by atoms with Crippen LogP contribution in [0.15, 0.2) is 200 Å². The number of rotatable bonds is 6. The van der Waals surface area contributed by atoms with Gasteiger partial charge in [0, 0.05) is 33.3 Å². The number of hydrogen-bond donors (Lipinski definition) is 0. The summed E-state index contributed by atoms with van der Waals surface area (Å²) in [6, 6.07) is 75.1. The Kier molecular flexibility index (Phi) is 8.35. The van der Waals surface area contributed by atoms with Gasteiger partial charge >= 0.3 is 0 Å². The number of benzene rings is 9. The number of anilines is 3. The Morgan fingerprint density at radius 1 is 0.250 bits per heavy atom. The van der Waals surface area contributed by atoms with E-state index in [9.17, 15) is 0 Å². The molecule has 0 bridgehead atoms. The summed E-state index contributed by atoms with van der Waals surface area (Å²) in [7, 11) is 0. The van der Waals surface area contributed by atoms with E-state index < -0.39 is 0 Å². The van der Waals surface area contributed by atoms with Gasteiger partial charge in [0.15, 0.2) is 0 Å². The van der Waals surface area contributed by atoms with Crippen molar-refractivity contribution in [2.24, 2.45) is 0 Å². The van der Waals surface area contributed by atoms with Gasteiger partial charge in [-0.3, -0.25) is 0 Å². The molecule has 0 unspecified atom stereocenters. The molecule has 0 aromatic heterocycles. The maximum absolute atomic E-state index is 2.48. The maximum atomic E-state index is 2.48. The predicted molar refractivity (Wildman–Crippen MR) is 270 cm³/mol. The lowest BCUT2D eigenvalue weighted by molar-refractivity contribution is 0.662. The lowest BCUT2D eigenvalue weighted by Crippen LogP contribution is -2.16. The Morgan fingerprint density at radius 2 is 0.500 bits per heavy atom. The van der Waals surface area contributed by atoms with Gasteiger partial charge in [-0.05, 0) is 137 Å². The molecule has 0 spiro atoms. The van der Waals surface area contributed by atoms with E-state index in [1.165, 1.54) is 100 Å². The number of hydrogen-bond acceptors (Lipinski definition) is 1. The van der Waals surface area contributed by atoms with Crippen LogP contribution in [0.1, 0.15) is 74.9 Å². The zero-order chi connectivity index (χ0) is 43.5. The van der Waals surface area contributed by atoms with Crippen molar-refractivity contribution in [3.63, 3.8) is 0 Å². The second kappa shape index (κ2) is 13.9. The Labute approximate surface area is 378 Å². The highest BCUT2D eigenvalue weighted by molar-refractivity contribution is 5.93. The molecule has 0 aliphatic heterocycles. The van der Waals surface area contributed by atoms with Gasteiger partial charge in [0.25, 0.3) is 0 Å². The van der Waals surface area contributed by atoms with Crippen LogP contribution in [0.25, 0.3) is 66.8 Å². The van der Waals surface area contributed by atoms with Gasteiger partial charge in [-0.15, -0.1) is 0 Å². The summed E-state index contributed by atoms with van der Waals surface area (Å²) in [6.45, 7) is 14.3. The fourth-order valence-corrected chi connectivity index (χ4v) is 12.1. The average molecular weight is 822 g/mol. The van der Waals surface area contributed by atoms with E-state index in [1.807, 2.05) is 0 Å². The lowest BCUT2D eigenvalue weighted by Gasteiger charge is -2.29. The van der Waals surface area contributed by atoms with E-state index in [-0.39, 0.29) is 16.2 Å². The minimum Gasteiger partial charge on any atom is -0.310 e. The monoisotopic (exact) mass is 821 g/mol. The van der Waals surface area contributed by atoms with Crippen LogP contribution in [0.4, 0.5) is 17.1 Å². The van der Waals surface area contributed by atoms with Crippen LogP contribution in [0, 0.1) is 0 Å². The van der Waals surface area contributed by atoms with Crippen molar-refractivity contribution >= 4 is 17.1 Å². The van der Waals surface area contributed by atoms with Gasteiger partial charge in [-0.2, -0.15) is 0 Å². The number of nitrogens with zero attached hydrogens (tertiary/aromatic N) is 1. The van der Waals surface area contributed by atoms with Crippen molar-refractivity contribution in [2.45, 2.75) is 57.8 Å². The van der Waals surface area contributed by atoms with Crippen molar-refractivity contribution in [1.29, 1.82) is 0 Å². The molecule has 308 valence electrons. The van der Waals surface area contributed by atoms with Gasteiger partial charge in [-0.25, -0.2) is 0 Å². The third-order valence-corrected chi connectivity index (χ3v) is 15.0. The largest absolute Gasteiger partial charge is 0.310 e. The van der Waals surface area contributed by atoms with Crippen LogP contribution < -0.4 is 4.90 Å². The van der Waals surface area contributed by atoms with Gasteiger partial charge in [-0.1, -0.05) is 205 Å². The molecule has 3 aliphatic carbocycles. The normalized spacial score (nSPS) is 15.1. The molecule has 0 heterocycles. The third kappa shape index (κ3) is 5.50. The van der Waals surface area contributed by atoms with E-state index >= 15 is 0 Å². The van der Waals surface area contributed by atoms with E-state index in [0.29, 0.717) is 0 Å². The molecule has 9 aromatic rings.